The van der Waals surface area contributed by atoms with Gasteiger partial charge in [-0.1, -0.05) is 18.1 Å². The summed E-state index contributed by atoms with van der Waals surface area (Å²) in [6.07, 6.45) is 3.48. The van der Waals surface area contributed by atoms with Crippen LogP contribution in [0.15, 0.2) is 28.8 Å². The predicted octanol–water partition coefficient (Wildman–Crippen LogP) is 4.21. The first kappa shape index (κ1) is 17.9. The monoisotopic (exact) mass is 358 g/mol. The van der Waals surface area contributed by atoms with Gasteiger partial charge in [0.15, 0.2) is 0 Å². The van der Waals surface area contributed by atoms with Gasteiger partial charge in [-0.05, 0) is 32.3 Å². The van der Waals surface area contributed by atoms with Crippen LogP contribution in [0.4, 0.5) is 16.2 Å². The Morgan fingerprint density at radius 1 is 1.50 bits per heavy atom. The first-order valence-corrected chi connectivity index (χ1v) is 8.78. The summed E-state index contributed by atoms with van der Waals surface area (Å²) in [5.74, 6) is 0.823. The summed E-state index contributed by atoms with van der Waals surface area (Å²) in [4.78, 5) is 25.1. The number of hydrogen-bond acceptors (Lipinski definition) is 5. The fraction of sp³-hybridized carbons (Fsp3) is 0.444. The number of hydrogen-bond donors (Lipinski definition) is 1. The van der Waals surface area contributed by atoms with Crippen molar-refractivity contribution in [2.45, 2.75) is 45.6 Å². The van der Waals surface area contributed by atoms with Crippen LogP contribution in [0.25, 0.3) is 0 Å². The molecule has 138 valence electrons. The topological polar surface area (TPSA) is 102 Å². The van der Waals surface area contributed by atoms with Crippen molar-refractivity contribution in [1.82, 2.24) is 10.1 Å². The van der Waals surface area contributed by atoms with Crippen LogP contribution in [0.1, 0.15) is 49.2 Å². The number of aryl methyl sites for hydroxylation is 1. The van der Waals surface area contributed by atoms with E-state index in [9.17, 15) is 14.9 Å². The van der Waals surface area contributed by atoms with Crippen LogP contribution in [0.5, 0.6) is 0 Å². The lowest BCUT2D eigenvalue weighted by molar-refractivity contribution is -0.385. The van der Waals surface area contributed by atoms with E-state index < -0.39 is 4.92 Å². The summed E-state index contributed by atoms with van der Waals surface area (Å²) in [6, 6.07) is 6.16. The Labute approximate surface area is 151 Å². The number of carbonyl (C=O) groups is 1. The Kier molecular flexibility index (Phi) is 5.20. The third kappa shape index (κ3) is 3.54. The minimum atomic E-state index is -0.450. The molecule has 3 rings (SSSR count). The summed E-state index contributed by atoms with van der Waals surface area (Å²) in [5, 5.41) is 18.0. The molecule has 0 bridgehead atoms. The largest absolute Gasteiger partial charge is 0.361 e. The van der Waals surface area contributed by atoms with Gasteiger partial charge in [0.25, 0.3) is 5.69 Å². The van der Waals surface area contributed by atoms with E-state index in [1.54, 1.807) is 24.0 Å². The fourth-order valence-electron chi connectivity index (χ4n) is 3.31. The average molecular weight is 358 g/mol. The molecule has 1 aromatic heterocycles. The van der Waals surface area contributed by atoms with Crippen molar-refractivity contribution in [2.24, 2.45) is 0 Å². The molecule has 0 radical (unpaired) electrons. The van der Waals surface area contributed by atoms with Crippen LogP contribution in [0, 0.1) is 17.0 Å². The highest BCUT2D eigenvalue weighted by atomic mass is 16.6. The number of urea groups is 1. The number of nitrogens with one attached hydrogen (secondary N) is 1. The maximum absolute atomic E-state index is 12.8. The van der Waals surface area contributed by atoms with Crippen LogP contribution in [-0.2, 0) is 6.42 Å². The molecule has 1 saturated heterocycles. The van der Waals surface area contributed by atoms with Crippen LogP contribution in [0.3, 0.4) is 0 Å². The van der Waals surface area contributed by atoms with Gasteiger partial charge in [-0.3, -0.25) is 10.1 Å². The van der Waals surface area contributed by atoms with E-state index in [1.165, 1.54) is 6.07 Å². The summed E-state index contributed by atoms with van der Waals surface area (Å²) < 4.78 is 5.34. The second-order valence-electron chi connectivity index (χ2n) is 6.46. The molecule has 0 unspecified atom stereocenters. The lowest BCUT2D eigenvalue weighted by atomic mass is 10.1. The number of anilines is 1. The van der Waals surface area contributed by atoms with Crippen LogP contribution in [-0.4, -0.2) is 27.6 Å². The van der Waals surface area contributed by atoms with Crippen molar-refractivity contribution in [3.63, 3.8) is 0 Å². The molecular formula is C18H22N4O4. The van der Waals surface area contributed by atoms with E-state index in [4.69, 9.17) is 4.52 Å². The highest BCUT2D eigenvalue weighted by Crippen LogP contribution is 2.33. The summed E-state index contributed by atoms with van der Waals surface area (Å²) in [6.45, 7) is 4.31. The van der Waals surface area contributed by atoms with Crippen molar-refractivity contribution in [1.29, 1.82) is 0 Å². The first-order chi connectivity index (χ1) is 12.5. The lowest BCUT2D eigenvalue weighted by Gasteiger charge is -2.23. The molecule has 2 amide bonds. The van der Waals surface area contributed by atoms with Gasteiger partial charge in [0.2, 0.25) is 0 Å². The molecule has 2 aromatic rings. The summed E-state index contributed by atoms with van der Waals surface area (Å²) >= 11 is 0. The molecule has 1 aliphatic rings. The minimum Gasteiger partial charge on any atom is -0.361 e. The van der Waals surface area contributed by atoms with Gasteiger partial charge >= 0.3 is 6.03 Å². The molecule has 1 atom stereocenters. The Morgan fingerprint density at radius 2 is 2.31 bits per heavy atom. The Bertz CT molecular complexity index is 817. The Hall–Kier alpha value is -2.90. The zero-order valence-corrected chi connectivity index (χ0v) is 14.9. The smallest absolute Gasteiger partial charge is 0.322 e. The molecule has 2 heterocycles. The van der Waals surface area contributed by atoms with Gasteiger partial charge in [0.05, 0.1) is 22.2 Å². The zero-order chi connectivity index (χ0) is 18.7. The molecule has 1 N–H and O–H groups in total. The highest BCUT2D eigenvalue weighted by Gasteiger charge is 2.32. The molecule has 0 spiro atoms. The highest BCUT2D eigenvalue weighted by molar-refractivity contribution is 5.91. The number of nitrogens with zero attached hydrogens (tertiary/aromatic N) is 3. The number of amides is 2. The minimum absolute atomic E-state index is 0.0125. The number of likely N-dealkylation sites (tertiary alicyclic amines) is 1. The van der Waals surface area contributed by atoms with Gasteiger partial charge in [0.1, 0.15) is 11.5 Å². The molecule has 26 heavy (non-hydrogen) atoms. The predicted molar refractivity (Wildman–Crippen MR) is 96.0 cm³/mol. The average Bonchev–Trinajstić information content (AvgIpc) is 3.25. The van der Waals surface area contributed by atoms with Crippen molar-refractivity contribution >= 4 is 17.4 Å². The normalized spacial score (nSPS) is 16.7. The van der Waals surface area contributed by atoms with E-state index in [-0.39, 0.29) is 17.8 Å². The number of rotatable bonds is 5. The van der Waals surface area contributed by atoms with Gasteiger partial charge in [-0.15, -0.1) is 0 Å². The van der Waals surface area contributed by atoms with Crippen molar-refractivity contribution in [3.05, 3.63) is 51.4 Å². The van der Waals surface area contributed by atoms with Crippen molar-refractivity contribution < 1.29 is 14.2 Å². The zero-order valence-electron chi connectivity index (χ0n) is 14.9. The van der Waals surface area contributed by atoms with Crippen LogP contribution < -0.4 is 5.32 Å². The molecule has 1 aromatic carbocycles. The molecule has 1 aliphatic heterocycles. The molecular weight excluding hydrogens is 336 g/mol. The Morgan fingerprint density at radius 3 is 3.04 bits per heavy atom. The van der Waals surface area contributed by atoms with Gasteiger partial charge in [-0.25, -0.2) is 4.79 Å². The quantitative estimate of drug-likeness (QED) is 0.637. The van der Waals surface area contributed by atoms with Crippen LogP contribution >= 0.6 is 0 Å². The molecule has 1 fully saturated rings. The third-order valence-electron chi connectivity index (χ3n) is 4.67. The first-order valence-electron chi connectivity index (χ1n) is 8.78. The lowest BCUT2D eigenvalue weighted by Crippen LogP contribution is -2.34. The SMILES string of the molecule is CCCc1cc([C@@H]2CCCN2C(=O)Nc2cccc([N+](=O)[O-])c2C)no1. The fourth-order valence-corrected chi connectivity index (χ4v) is 3.31. The molecule has 0 saturated carbocycles. The second kappa shape index (κ2) is 7.55. The van der Waals surface area contributed by atoms with Gasteiger partial charge in [-0.2, -0.15) is 0 Å². The third-order valence-corrected chi connectivity index (χ3v) is 4.67. The number of carbonyl (C=O) groups excluding carboxylic acids is 1. The standard InChI is InChI=1S/C18H22N4O4/c1-3-6-13-11-15(20-26-13)17-9-5-10-21(17)18(23)19-14-7-4-8-16(12(14)2)22(24)25/h4,7-8,11,17H,3,5-6,9-10H2,1-2H3,(H,19,23)/t17-/m0/s1. The second-order valence-corrected chi connectivity index (χ2v) is 6.46. The van der Waals surface area contributed by atoms with E-state index >= 15 is 0 Å². The molecule has 8 nitrogen and oxygen atoms in total. The number of aromatic nitrogens is 1. The van der Waals surface area contributed by atoms with Crippen molar-refractivity contribution in [2.75, 3.05) is 11.9 Å². The Balaban J connectivity index is 1.76. The number of nitro groups is 1. The van der Waals surface area contributed by atoms with Gasteiger partial charge < -0.3 is 14.7 Å². The number of nitro benzene ring substituents is 1. The van der Waals surface area contributed by atoms with E-state index in [0.29, 0.717) is 17.8 Å². The van der Waals surface area contributed by atoms with Crippen molar-refractivity contribution in [3.8, 4) is 0 Å². The molecule has 8 heteroatoms. The number of benzene rings is 1. The van der Waals surface area contributed by atoms with E-state index in [1.807, 2.05) is 6.07 Å². The van der Waals surface area contributed by atoms with E-state index in [0.717, 1.165) is 37.1 Å². The van der Waals surface area contributed by atoms with Gasteiger partial charge in [0, 0.05) is 25.1 Å². The summed E-state index contributed by atoms with van der Waals surface area (Å²) in [7, 11) is 0. The summed E-state index contributed by atoms with van der Waals surface area (Å²) in [5.41, 5.74) is 1.63. The maximum atomic E-state index is 12.8. The maximum Gasteiger partial charge on any atom is 0.322 e. The van der Waals surface area contributed by atoms with Crippen LogP contribution in [0.2, 0.25) is 0 Å². The molecule has 0 aliphatic carbocycles. The van der Waals surface area contributed by atoms with E-state index in [2.05, 4.69) is 17.4 Å².